The molecule has 3 aromatic rings. The first-order chi connectivity index (χ1) is 19.1. The predicted molar refractivity (Wildman–Crippen MR) is 182 cm³/mol. The van der Waals surface area contributed by atoms with Crippen LogP contribution in [-0.4, -0.2) is 70.9 Å². The van der Waals surface area contributed by atoms with Gasteiger partial charge in [-0.15, -0.1) is 0 Å². The van der Waals surface area contributed by atoms with E-state index in [0.29, 0.717) is 0 Å². The molecule has 1 aromatic heterocycles. The van der Waals surface area contributed by atoms with Crippen molar-refractivity contribution in [2.24, 2.45) is 0 Å². The standard InChI is InChI=1S/C35H53N4S2/c1-12-29(23-34-36(15-13-17-38(6,7)8)30-19-25(2)27(4)21-32(30)40-34)24-35-37(16-14-18-39(9,10)11)31-20-26(3)28(5)22-33(31)41-35/h19-24H,12-18H2,1-11H3/q+3. The van der Waals surface area contributed by atoms with E-state index in [1.807, 2.05) is 23.1 Å². The molecule has 0 unspecified atom stereocenters. The molecular formula is C35H53N4S2+3. The van der Waals surface area contributed by atoms with Gasteiger partial charge in [-0.25, -0.2) is 0 Å². The quantitative estimate of drug-likeness (QED) is 0.165. The lowest BCUT2D eigenvalue weighted by atomic mass is 10.1. The number of allylic oxidation sites excluding steroid dienone is 2. The van der Waals surface area contributed by atoms with Gasteiger partial charge in [-0.3, -0.25) is 0 Å². The van der Waals surface area contributed by atoms with Crippen molar-refractivity contribution in [2.75, 3.05) is 66.8 Å². The molecule has 0 radical (unpaired) electrons. The Bertz CT molecular complexity index is 1460. The van der Waals surface area contributed by atoms with Crippen LogP contribution in [0.3, 0.4) is 0 Å². The lowest BCUT2D eigenvalue weighted by molar-refractivity contribution is -0.873. The van der Waals surface area contributed by atoms with Gasteiger partial charge in [0.2, 0.25) is 5.52 Å². The summed E-state index contributed by atoms with van der Waals surface area (Å²) in [6.45, 7) is 15.7. The SMILES string of the molecule is CCC(=Cc1sc2cc(C)c(C)cc2[n+]1CCC[N+](C)(C)C)C=C1Sc2cc(C)c(C)cc2N1CCC[N+](C)(C)C. The lowest BCUT2D eigenvalue weighted by Gasteiger charge is -2.27. The summed E-state index contributed by atoms with van der Waals surface area (Å²) in [6, 6.07) is 9.57. The average molecular weight is 594 g/mol. The van der Waals surface area contributed by atoms with Crippen LogP contribution in [-0.2, 0) is 6.54 Å². The minimum atomic E-state index is 0.999. The molecule has 0 saturated carbocycles. The molecule has 0 N–H and O–H groups in total. The minimum absolute atomic E-state index is 0.999. The maximum atomic E-state index is 2.58. The van der Waals surface area contributed by atoms with Gasteiger partial charge in [0.1, 0.15) is 4.70 Å². The van der Waals surface area contributed by atoms with Crippen molar-refractivity contribution in [3.8, 4) is 0 Å². The highest BCUT2D eigenvalue weighted by molar-refractivity contribution is 8.03. The Morgan fingerprint density at radius 3 is 2.10 bits per heavy atom. The van der Waals surface area contributed by atoms with Gasteiger partial charge < -0.3 is 13.9 Å². The smallest absolute Gasteiger partial charge is 0.263 e. The molecule has 1 aliphatic rings. The zero-order valence-electron chi connectivity index (χ0n) is 27.5. The summed E-state index contributed by atoms with van der Waals surface area (Å²) >= 11 is 3.89. The summed E-state index contributed by atoms with van der Waals surface area (Å²) in [6.07, 6.45) is 8.29. The second-order valence-corrected chi connectivity index (χ2v) is 16.1. The molecule has 0 fully saturated rings. The summed E-state index contributed by atoms with van der Waals surface area (Å²) in [5.41, 5.74) is 9.65. The van der Waals surface area contributed by atoms with E-state index in [1.54, 1.807) is 0 Å². The number of hydrogen-bond acceptors (Lipinski definition) is 3. The van der Waals surface area contributed by atoms with Gasteiger partial charge in [0.25, 0.3) is 5.01 Å². The molecule has 2 heterocycles. The molecule has 0 amide bonds. The molecule has 0 spiro atoms. The number of quaternary nitrogens is 2. The zero-order chi connectivity index (χ0) is 30.1. The Kier molecular flexibility index (Phi) is 9.80. The molecular weight excluding hydrogens is 541 g/mol. The van der Waals surface area contributed by atoms with E-state index in [1.165, 1.54) is 84.6 Å². The van der Waals surface area contributed by atoms with Crippen molar-refractivity contribution >= 4 is 45.1 Å². The van der Waals surface area contributed by atoms with Gasteiger partial charge in [-0.1, -0.05) is 30.0 Å². The van der Waals surface area contributed by atoms with Gasteiger partial charge >= 0.3 is 0 Å². The second kappa shape index (κ2) is 12.6. The predicted octanol–water partition coefficient (Wildman–Crippen LogP) is 7.86. The highest BCUT2D eigenvalue weighted by Gasteiger charge is 2.27. The topological polar surface area (TPSA) is 7.12 Å². The van der Waals surface area contributed by atoms with Crippen LogP contribution in [0.5, 0.6) is 0 Å². The van der Waals surface area contributed by atoms with Crippen molar-refractivity contribution in [3.63, 3.8) is 0 Å². The molecule has 4 rings (SSSR count). The van der Waals surface area contributed by atoms with Crippen molar-refractivity contribution in [1.29, 1.82) is 0 Å². The summed E-state index contributed by atoms with van der Waals surface area (Å²) in [4.78, 5) is 3.97. The largest absolute Gasteiger partial charge is 0.335 e. The molecule has 4 nitrogen and oxygen atoms in total. The number of aromatic nitrogens is 1. The number of anilines is 1. The highest BCUT2D eigenvalue weighted by Crippen LogP contribution is 2.47. The van der Waals surface area contributed by atoms with Crippen LogP contribution in [0.4, 0.5) is 5.69 Å². The number of hydrogen-bond donors (Lipinski definition) is 0. The third-order valence-electron chi connectivity index (χ3n) is 8.14. The van der Waals surface area contributed by atoms with Crippen molar-refractivity contribution in [2.45, 2.75) is 65.3 Å². The van der Waals surface area contributed by atoms with Gasteiger partial charge in [0.05, 0.1) is 72.5 Å². The van der Waals surface area contributed by atoms with Crippen LogP contribution in [0.15, 0.2) is 45.8 Å². The number of fused-ring (bicyclic) bond motifs is 2. The first-order valence-electron chi connectivity index (χ1n) is 15.2. The van der Waals surface area contributed by atoms with Crippen LogP contribution in [0.25, 0.3) is 16.3 Å². The van der Waals surface area contributed by atoms with Gasteiger partial charge in [-0.2, -0.15) is 4.57 Å². The molecule has 0 aliphatic carbocycles. The second-order valence-electron chi connectivity index (χ2n) is 13.9. The normalized spacial score (nSPS) is 15.4. The summed E-state index contributed by atoms with van der Waals surface area (Å²) in [7, 11) is 13.7. The van der Waals surface area contributed by atoms with E-state index in [2.05, 4.69) is 123 Å². The van der Waals surface area contributed by atoms with E-state index in [0.717, 1.165) is 28.5 Å². The molecule has 41 heavy (non-hydrogen) atoms. The Hall–Kier alpha value is -2.12. The van der Waals surface area contributed by atoms with Crippen LogP contribution >= 0.6 is 23.1 Å². The lowest BCUT2D eigenvalue weighted by Crippen LogP contribution is -2.40. The third kappa shape index (κ3) is 8.04. The van der Waals surface area contributed by atoms with E-state index in [-0.39, 0.29) is 0 Å². The van der Waals surface area contributed by atoms with E-state index < -0.39 is 0 Å². The Morgan fingerprint density at radius 1 is 0.829 bits per heavy atom. The average Bonchev–Trinajstić information content (AvgIpc) is 3.34. The minimum Gasteiger partial charge on any atom is -0.335 e. The number of rotatable bonds is 11. The number of benzene rings is 2. The number of nitrogens with zero attached hydrogens (tertiary/aromatic N) is 4. The van der Waals surface area contributed by atoms with E-state index >= 15 is 0 Å². The molecule has 0 atom stereocenters. The van der Waals surface area contributed by atoms with Gasteiger partial charge in [0, 0.05) is 30.0 Å². The molecule has 1 aliphatic heterocycles. The monoisotopic (exact) mass is 593 g/mol. The van der Waals surface area contributed by atoms with Crippen LogP contribution in [0.1, 0.15) is 53.4 Å². The van der Waals surface area contributed by atoms with Crippen LogP contribution < -0.4 is 9.47 Å². The Labute approximate surface area is 258 Å². The summed E-state index contributed by atoms with van der Waals surface area (Å²) in [5, 5.41) is 2.73. The maximum Gasteiger partial charge on any atom is 0.263 e. The zero-order valence-corrected chi connectivity index (χ0v) is 29.2. The summed E-state index contributed by atoms with van der Waals surface area (Å²) in [5.74, 6) is 0. The molecule has 2 aromatic carbocycles. The fourth-order valence-electron chi connectivity index (χ4n) is 5.35. The number of aryl methyl sites for hydroxylation is 5. The fraction of sp³-hybridized carbons (Fsp3) is 0.514. The first-order valence-corrected chi connectivity index (χ1v) is 16.8. The van der Waals surface area contributed by atoms with Gasteiger partial charge in [-0.05, 0) is 86.2 Å². The van der Waals surface area contributed by atoms with Crippen molar-refractivity contribution < 1.29 is 13.5 Å². The molecule has 0 bridgehead atoms. The fourth-order valence-corrected chi connectivity index (χ4v) is 7.84. The van der Waals surface area contributed by atoms with Crippen molar-refractivity contribution in [3.05, 3.63) is 68.2 Å². The maximum absolute atomic E-state index is 2.58. The number of thioether (sulfide) groups is 1. The highest BCUT2D eigenvalue weighted by atomic mass is 32.2. The number of thiazole rings is 1. The third-order valence-corrected chi connectivity index (χ3v) is 10.3. The van der Waals surface area contributed by atoms with Gasteiger partial charge in [0.15, 0.2) is 6.54 Å². The van der Waals surface area contributed by atoms with Crippen molar-refractivity contribution in [1.82, 2.24) is 0 Å². The molecule has 222 valence electrons. The Morgan fingerprint density at radius 2 is 1.44 bits per heavy atom. The Balaban J connectivity index is 1.73. The van der Waals surface area contributed by atoms with Crippen LogP contribution in [0, 0.1) is 27.7 Å². The van der Waals surface area contributed by atoms with Crippen LogP contribution in [0.2, 0.25) is 0 Å². The molecule has 0 saturated heterocycles. The first kappa shape index (κ1) is 31.8. The van der Waals surface area contributed by atoms with E-state index in [4.69, 9.17) is 0 Å². The van der Waals surface area contributed by atoms with E-state index in [9.17, 15) is 0 Å². The summed E-state index contributed by atoms with van der Waals surface area (Å²) < 4.78 is 5.97. The molecule has 6 heteroatoms.